The maximum atomic E-state index is 15.6. The number of hydrogen-bond donors (Lipinski definition) is 1. The predicted molar refractivity (Wildman–Crippen MR) is 119 cm³/mol. The molecule has 0 radical (unpaired) electrons. The molecule has 0 saturated heterocycles. The van der Waals surface area contributed by atoms with Gasteiger partial charge in [-0.1, -0.05) is 26.8 Å². The number of carbonyl (C=O) groups is 2. The molecule has 0 aromatic carbocycles. The van der Waals surface area contributed by atoms with Crippen LogP contribution in [0.25, 0.3) is 0 Å². The molecule has 0 bridgehead atoms. The van der Waals surface area contributed by atoms with E-state index in [1.165, 1.54) is 20.3 Å². The molecule has 9 atom stereocenters. The molecule has 3 saturated carbocycles. The quantitative estimate of drug-likeness (QED) is 0.454. The van der Waals surface area contributed by atoms with Gasteiger partial charge in [0.2, 0.25) is 17.9 Å². The fourth-order valence-corrected chi connectivity index (χ4v) is 8.77. The van der Waals surface area contributed by atoms with E-state index in [2.05, 4.69) is 0 Å². The van der Waals surface area contributed by atoms with Gasteiger partial charge in [-0.15, -0.1) is 23.2 Å². The van der Waals surface area contributed by atoms with E-state index < -0.39 is 68.4 Å². The third-order valence-electron chi connectivity index (χ3n) is 9.26. The normalized spacial score (nSPS) is 49.2. The first-order chi connectivity index (χ1) is 15.3. The van der Waals surface area contributed by atoms with E-state index in [1.54, 1.807) is 20.8 Å². The number of carbonyl (C=O) groups excluding carboxylic acids is 2. The van der Waals surface area contributed by atoms with Gasteiger partial charge in [-0.05, 0) is 43.1 Å². The zero-order valence-electron chi connectivity index (χ0n) is 19.3. The van der Waals surface area contributed by atoms with E-state index >= 15 is 4.39 Å². The lowest BCUT2D eigenvalue weighted by atomic mass is 9.46. The van der Waals surface area contributed by atoms with Crippen LogP contribution < -0.4 is 0 Å². The summed E-state index contributed by atoms with van der Waals surface area (Å²) < 4.78 is 40.8. The fraction of sp³-hybridized carbons (Fsp3) is 0.750. The summed E-state index contributed by atoms with van der Waals surface area (Å²) in [6, 6.07) is 0. The number of alkyl halides is 3. The van der Waals surface area contributed by atoms with Crippen molar-refractivity contribution in [3.8, 4) is 0 Å². The average molecular weight is 507 g/mol. The van der Waals surface area contributed by atoms with Crippen molar-refractivity contribution in [1.29, 1.82) is 0 Å². The Morgan fingerprint density at radius 1 is 1.24 bits per heavy atom. The molecule has 5 nitrogen and oxygen atoms in total. The highest BCUT2D eigenvalue weighted by Gasteiger charge is 2.76. The topological polar surface area (TPSA) is 72.8 Å². The van der Waals surface area contributed by atoms with E-state index in [-0.39, 0.29) is 24.3 Å². The fourth-order valence-electron chi connectivity index (χ4n) is 7.58. The molecular formula is C24H30Cl2F2O5. The maximum Gasteiger partial charge on any atom is 0.220 e. The Kier molecular flexibility index (Phi) is 5.98. The van der Waals surface area contributed by atoms with Gasteiger partial charge in [0, 0.05) is 30.6 Å². The summed E-state index contributed by atoms with van der Waals surface area (Å²) in [5, 5.41) is 11.1. The molecule has 1 N–H and O–H groups in total. The van der Waals surface area contributed by atoms with Gasteiger partial charge >= 0.3 is 0 Å². The molecule has 9 heteroatoms. The van der Waals surface area contributed by atoms with Crippen molar-refractivity contribution in [2.24, 2.45) is 28.6 Å². The third-order valence-corrected chi connectivity index (χ3v) is 10.8. The van der Waals surface area contributed by atoms with Gasteiger partial charge in [0.05, 0.1) is 10.3 Å². The molecule has 4 aliphatic carbocycles. The van der Waals surface area contributed by atoms with Crippen LogP contribution in [-0.4, -0.2) is 59.2 Å². The Morgan fingerprint density at radius 3 is 2.42 bits per heavy atom. The van der Waals surface area contributed by atoms with Crippen molar-refractivity contribution in [3.63, 3.8) is 0 Å². The monoisotopic (exact) mass is 506 g/mol. The van der Waals surface area contributed by atoms with Crippen molar-refractivity contribution >= 4 is 34.8 Å². The highest BCUT2D eigenvalue weighted by molar-refractivity contribution is 6.34. The number of rotatable bonds is 4. The molecular weight excluding hydrogens is 477 g/mol. The van der Waals surface area contributed by atoms with E-state index in [0.717, 1.165) is 6.08 Å². The molecule has 0 heterocycles. The minimum Gasteiger partial charge on any atom is -0.381 e. The summed E-state index contributed by atoms with van der Waals surface area (Å²) in [6.45, 7) is 5.18. The zero-order chi connectivity index (χ0) is 24.7. The molecule has 0 aromatic heterocycles. The summed E-state index contributed by atoms with van der Waals surface area (Å²) in [6.07, 6.45) is -0.0609. The smallest absolute Gasteiger partial charge is 0.220 e. The van der Waals surface area contributed by atoms with E-state index in [4.69, 9.17) is 32.7 Å². The molecule has 3 fully saturated rings. The lowest BCUT2D eigenvalue weighted by Crippen LogP contribution is -2.69. The van der Waals surface area contributed by atoms with Gasteiger partial charge in [-0.3, -0.25) is 9.59 Å². The number of methoxy groups -OCH3 is 2. The predicted octanol–water partition coefficient (Wildman–Crippen LogP) is 4.28. The van der Waals surface area contributed by atoms with Crippen LogP contribution in [0.1, 0.15) is 40.0 Å². The molecule has 0 aliphatic heterocycles. The van der Waals surface area contributed by atoms with E-state index in [9.17, 15) is 19.1 Å². The summed E-state index contributed by atoms with van der Waals surface area (Å²) >= 11 is 14.3. The number of allylic oxidation sites excluding steroid dienone is 4. The lowest BCUT2D eigenvalue weighted by Gasteiger charge is -2.64. The molecule has 0 spiro atoms. The number of aliphatic hydroxyl groups is 1. The average Bonchev–Trinajstić information content (AvgIpc) is 2.95. The number of fused-ring (bicyclic) bond motifs is 5. The van der Waals surface area contributed by atoms with Crippen LogP contribution in [0.15, 0.2) is 23.6 Å². The van der Waals surface area contributed by atoms with Crippen LogP contribution in [-0.2, 0) is 19.1 Å². The number of hydrogen-bond acceptors (Lipinski definition) is 5. The van der Waals surface area contributed by atoms with Gasteiger partial charge in [0.1, 0.15) is 11.8 Å². The summed E-state index contributed by atoms with van der Waals surface area (Å²) in [7, 11) is 2.64. The van der Waals surface area contributed by atoms with Crippen molar-refractivity contribution in [2.45, 2.75) is 68.3 Å². The molecule has 0 aromatic rings. The van der Waals surface area contributed by atoms with Gasteiger partial charge in [-0.2, -0.15) is 0 Å². The van der Waals surface area contributed by atoms with E-state index in [0.29, 0.717) is 6.42 Å². The largest absolute Gasteiger partial charge is 0.381 e. The molecule has 4 rings (SSSR count). The second-order valence-corrected chi connectivity index (χ2v) is 11.6. The van der Waals surface area contributed by atoms with Crippen molar-refractivity contribution < 1.29 is 33.0 Å². The Bertz CT molecular complexity index is 951. The third kappa shape index (κ3) is 2.86. The molecule has 4 aliphatic rings. The highest BCUT2D eigenvalue weighted by atomic mass is 35.5. The minimum atomic E-state index is -1.84. The Balaban J connectivity index is 1.86. The highest BCUT2D eigenvalue weighted by Crippen LogP contribution is 2.73. The lowest BCUT2D eigenvalue weighted by molar-refractivity contribution is -0.196. The Morgan fingerprint density at radius 2 is 1.85 bits per heavy atom. The maximum absolute atomic E-state index is 15.6. The van der Waals surface area contributed by atoms with Crippen LogP contribution in [0.4, 0.5) is 8.78 Å². The minimum absolute atomic E-state index is 0.134. The SMILES string of the molecule is COC(OC)C(=O)[C@@]1(O)C(C)C[C@H]2[C@@H]3CC(F)C4=C(F)C(=O)C=C[C@]4(C)[C@@]3(Cl)C(Cl)C[C@@]21C. The van der Waals surface area contributed by atoms with E-state index in [1.807, 2.05) is 0 Å². The first kappa shape index (κ1) is 25.2. The zero-order valence-corrected chi connectivity index (χ0v) is 20.8. The van der Waals surface area contributed by atoms with Crippen molar-refractivity contribution in [3.05, 3.63) is 23.6 Å². The second-order valence-electron chi connectivity index (χ2n) is 10.5. The first-order valence-corrected chi connectivity index (χ1v) is 12.0. The summed E-state index contributed by atoms with van der Waals surface area (Å²) in [4.78, 5) is 24.1. The number of Topliss-reactive ketones (excluding diaryl/α,β-unsaturated/α-hetero) is 1. The van der Waals surface area contributed by atoms with Crippen LogP contribution >= 0.6 is 23.2 Å². The van der Waals surface area contributed by atoms with Crippen LogP contribution in [0.3, 0.4) is 0 Å². The Hall–Kier alpha value is -0.860. The van der Waals surface area contributed by atoms with Crippen LogP contribution in [0.2, 0.25) is 0 Å². The Labute approximate surface area is 202 Å². The van der Waals surface area contributed by atoms with Crippen LogP contribution in [0.5, 0.6) is 0 Å². The van der Waals surface area contributed by atoms with Gasteiger partial charge in [0.25, 0.3) is 0 Å². The van der Waals surface area contributed by atoms with Crippen molar-refractivity contribution in [2.75, 3.05) is 14.2 Å². The van der Waals surface area contributed by atoms with Crippen molar-refractivity contribution in [1.82, 2.24) is 0 Å². The first-order valence-electron chi connectivity index (χ1n) is 11.2. The summed E-state index contributed by atoms with van der Waals surface area (Å²) in [5.74, 6) is -4.06. The molecule has 0 amide bonds. The molecule has 184 valence electrons. The number of ketones is 2. The summed E-state index contributed by atoms with van der Waals surface area (Å²) in [5.41, 5.74) is -4.48. The molecule has 33 heavy (non-hydrogen) atoms. The number of halogens is 4. The second kappa shape index (κ2) is 7.82. The van der Waals surface area contributed by atoms with Gasteiger partial charge < -0.3 is 14.6 Å². The van der Waals surface area contributed by atoms with Gasteiger partial charge in [-0.25, -0.2) is 8.78 Å². The molecule has 3 unspecified atom stereocenters. The van der Waals surface area contributed by atoms with Crippen LogP contribution in [0, 0.1) is 28.6 Å². The number of ether oxygens (including phenoxy) is 2. The van der Waals surface area contributed by atoms with Gasteiger partial charge in [0.15, 0.2) is 5.83 Å². The standard InChI is InChI=1S/C24H30Cl2F2O5/c1-11-8-12-13-9-14(27)17-18(28)15(29)6-7-21(17,2)23(13,26)16(25)10-22(12,3)24(11,31)19(30)20(32-4)33-5/h6-7,11-14,16,20,31H,8-10H2,1-5H3/t11?,12-,13-,14?,16?,21-,22-,23-,24-/m0/s1.